The van der Waals surface area contributed by atoms with Gasteiger partial charge >= 0.3 is 18.3 Å². The second kappa shape index (κ2) is 8.15. The fraction of sp³-hybridized carbons (Fsp3) is 0.389. The largest absolute Gasteiger partial charge is 0.459 e. The maximum atomic E-state index is 13.9. The van der Waals surface area contributed by atoms with Crippen LogP contribution in [0.1, 0.15) is 34.5 Å². The highest BCUT2D eigenvalue weighted by Crippen LogP contribution is 2.50. The summed E-state index contributed by atoms with van der Waals surface area (Å²) in [6.45, 7) is 0. The lowest BCUT2D eigenvalue weighted by molar-refractivity contribution is -0.292. The normalized spacial score (nSPS) is 14.8. The van der Waals surface area contributed by atoms with Crippen LogP contribution < -0.4 is 10.2 Å². The van der Waals surface area contributed by atoms with Crippen LogP contribution in [-0.2, 0) is 23.9 Å². The topological polar surface area (TPSA) is 67.2 Å². The van der Waals surface area contributed by atoms with E-state index in [2.05, 4.69) is 10.4 Å². The third-order valence-electron chi connectivity index (χ3n) is 4.67. The Morgan fingerprint density at radius 3 is 2.27 bits per heavy atom. The molecule has 1 aromatic heterocycles. The molecular weight excluding hydrogens is 492 g/mol. The fourth-order valence-electron chi connectivity index (χ4n) is 2.97. The monoisotopic (exact) mass is 504 g/mol. The molecule has 2 amide bonds. The molecule has 1 aromatic carbocycles. The Bertz CT molecular complexity index is 1090. The molecule has 0 spiro atoms. The predicted octanol–water partition coefficient (Wildman–Crippen LogP) is 4.93. The summed E-state index contributed by atoms with van der Waals surface area (Å²) in [4.78, 5) is 24.2. The van der Waals surface area contributed by atoms with Crippen LogP contribution in [-0.4, -0.2) is 34.3 Å². The summed E-state index contributed by atoms with van der Waals surface area (Å²) in [6, 6.07) is 2.83. The van der Waals surface area contributed by atoms with Crippen LogP contribution >= 0.6 is 11.6 Å². The Hall–Kier alpha value is -2.90. The van der Waals surface area contributed by atoms with E-state index in [0.717, 1.165) is 18.2 Å². The van der Waals surface area contributed by atoms with Crippen molar-refractivity contribution in [2.45, 2.75) is 37.2 Å². The highest BCUT2D eigenvalue weighted by atomic mass is 35.5. The Kier molecular flexibility index (Phi) is 6.11. The SMILES string of the molecule is Cn1nc(C(F)(F)C(F)(F)F)c(C(F)(F)F)c1N(C=O)c1ccc(Cl)c(C(=O)NC2CC2)c1. The number of nitrogens with one attached hydrogen (secondary N) is 1. The van der Waals surface area contributed by atoms with Gasteiger partial charge in [0, 0.05) is 13.1 Å². The molecule has 1 heterocycles. The zero-order valence-electron chi connectivity index (χ0n) is 16.4. The van der Waals surface area contributed by atoms with Crippen molar-refractivity contribution in [3.8, 4) is 0 Å². The van der Waals surface area contributed by atoms with Crippen molar-refractivity contribution in [2.24, 2.45) is 7.05 Å². The molecule has 1 saturated carbocycles. The summed E-state index contributed by atoms with van der Waals surface area (Å²) in [7, 11) is 0.660. The second-order valence-electron chi connectivity index (χ2n) is 7.13. The van der Waals surface area contributed by atoms with Crippen molar-refractivity contribution in [1.82, 2.24) is 15.1 Å². The third-order valence-corrected chi connectivity index (χ3v) is 5.00. The Labute approximate surface area is 185 Å². The first-order chi connectivity index (χ1) is 15.1. The molecule has 0 unspecified atom stereocenters. The van der Waals surface area contributed by atoms with Gasteiger partial charge in [0.25, 0.3) is 5.91 Å². The van der Waals surface area contributed by atoms with Crippen LogP contribution in [0, 0.1) is 0 Å². The number of hydrogen-bond donors (Lipinski definition) is 1. The number of aromatic nitrogens is 2. The van der Waals surface area contributed by atoms with Crippen LogP contribution in [0.15, 0.2) is 18.2 Å². The van der Waals surface area contributed by atoms with Gasteiger partial charge in [-0.2, -0.15) is 40.2 Å². The van der Waals surface area contributed by atoms with Gasteiger partial charge in [-0.15, -0.1) is 0 Å². The van der Waals surface area contributed by atoms with Crippen molar-refractivity contribution >= 4 is 35.4 Å². The highest BCUT2D eigenvalue weighted by Gasteiger charge is 2.64. The van der Waals surface area contributed by atoms with Gasteiger partial charge in [-0.3, -0.25) is 19.2 Å². The number of amides is 2. The molecular formula is C18H13ClF8N4O2. The molecule has 15 heteroatoms. The molecule has 1 aliphatic rings. The average Bonchev–Trinajstić information content (AvgIpc) is 3.42. The molecule has 0 bridgehead atoms. The molecule has 0 saturated heterocycles. The zero-order valence-corrected chi connectivity index (χ0v) is 17.1. The number of rotatable bonds is 6. The first-order valence-electron chi connectivity index (χ1n) is 9.03. The quantitative estimate of drug-likeness (QED) is 0.448. The molecule has 1 aliphatic carbocycles. The van der Waals surface area contributed by atoms with Crippen molar-refractivity contribution in [1.29, 1.82) is 0 Å². The average molecular weight is 505 g/mol. The van der Waals surface area contributed by atoms with Gasteiger partial charge in [0.1, 0.15) is 5.56 Å². The van der Waals surface area contributed by atoms with Crippen LogP contribution in [0.25, 0.3) is 0 Å². The van der Waals surface area contributed by atoms with Crippen molar-refractivity contribution in [2.75, 3.05) is 4.90 Å². The Morgan fingerprint density at radius 1 is 1.18 bits per heavy atom. The molecule has 0 aliphatic heterocycles. The number of carbonyl (C=O) groups excluding carboxylic acids is 2. The van der Waals surface area contributed by atoms with Gasteiger partial charge in [-0.25, -0.2) is 0 Å². The van der Waals surface area contributed by atoms with Crippen LogP contribution in [0.5, 0.6) is 0 Å². The number of nitrogens with zero attached hydrogens (tertiary/aromatic N) is 3. The number of benzene rings is 1. The number of aryl methyl sites for hydroxylation is 1. The Balaban J connectivity index is 2.19. The smallest absolute Gasteiger partial charge is 0.349 e. The number of hydrogen-bond acceptors (Lipinski definition) is 3. The van der Waals surface area contributed by atoms with Crippen LogP contribution in [0.2, 0.25) is 5.02 Å². The summed E-state index contributed by atoms with van der Waals surface area (Å²) >= 11 is 5.95. The third kappa shape index (κ3) is 4.61. The molecule has 180 valence electrons. The molecule has 1 N–H and O–H groups in total. The zero-order chi connectivity index (χ0) is 24.9. The van der Waals surface area contributed by atoms with E-state index < -0.39 is 46.9 Å². The predicted molar refractivity (Wildman–Crippen MR) is 98.3 cm³/mol. The van der Waals surface area contributed by atoms with Crippen molar-refractivity contribution in [3.63, 3.8) is 0 Å². The van der Waals surface area contributed by atoms with E-state index in [1.807, 2.05) is 0 Å². The molecule has 1 fully saturated rings. The van der Waals surface area contributed by atoms with Crippen LogP contribution in [0.4, 0.5) is 46.6 Å². The van der Waals surface area contributed by atoms with E-state index in [-0.39, 0.29) is 32.6 Å². The van der Waals surface area contributed by atoms with Gasteiger partial charge < -0.3 is 5.32 Å². The van der Waals surface area contributed by atoms with E-state index in [1.165, 1.54) is 0 Å². The lowest BCUT2D eigenvalue weighted by Crippen LogP contribution is -2.36. The minimum absolute atomic E-state index is 0.0742. The van der Waals surface area contributed by atoms with Gasteiger partial charge in [-0.05, 0) is 31.0 Å². The van der Waals surface area contributed by atoms with Crippen molar-refractivity contribution < 1.29 is 44.7 Å². The van der Waals surface area contributed by atoms with E-state index in [4.69, 9.17) is 11.6 Å². The molecule has 2 aromatic rings. The lowest BCUT2D eigenvalue weighted by atomic mass is 10.1. The highest BCUT2D eigenvalue weighted by molar-refractivity contribution is 6.34. The van der Waals surface area contributed by atoms with E-state index in [9.17, 15) is 44.7 Å². The summed E-state index contributed by atoms with van der Waals surface area (Å²) in [5, 5.41) is 5.19. The maximum Gasteiger partial charge on any atom is 0.459 e. The molecule has 6 nitrogen and oxygen atoms in total. The van der Waals surface area contributed by atoms with E-state index in [1.54, 1.807) is 0 Å². The summed E-state index contributed by atoms with van der Waals surface area (Å²) in [5.74, 6) is -8.09. The fourth-order valence-corrected chi connectivity index (χ4v) is 3.17. The van der Waals surface area contributed by atoms with Crippen molar-refractivity contribution in [3.05, 3.63) is 40.0 Å². The van der Waals surface area contributed by atoms with Gasteiger partial charge in [0.15, 0.2) is 11.5 Å². The van der Waals surface area contributed by atoms with E-state index >= 15 is 0 Å². The molecule has 0 radical (unpaired) electrons. The van der Waals surface area contributed by atoms with E-state index in [0.29, 0.717) is 19.9 Å². The van der Waals surface area contributed by atoms with Gasteiger partial charge in [-0.1, -0.05) is 11.6 Å². The van der Waals surface area contributed by atoms with Gasteiger partial charge in [0.2, 0.25) is 6.41 Å². The number of carbonyl (C=O) groups is 2. The lowest BCUT2D eigenvalue weighted by Gasteiger charge is -2.23. The molecule has 3 rings (SSSR count). The van der Waals surface area contributed by atoms with Gasteiger partial charge in [0.05, 0.1) is 16.3 Å². The summed E-state index contributed by atoms with van der Waals surface area (Å²) in [5.41, 5.74) is -5.78. The minimum atomic E-state index is -6.39. The minimum Gasteiger partial charge on any atom is -0.349 e. The number of halogens is 9. The number of anilines is 2. The first kappa shape index (κ1) is 24.7. The first-order valence-corrected chi connectivity index (χ1v) is 9.41. The molecule has 0 atom stereocenters. The molecule has 33 heavy (non-hydrogen) atoms. The summed E-state index contributed by atoms with van der Waals surface area (Å²) in [6.07, 6.45) is -11.0. The van der Waals surface area contributed by atoms with Crippen LogP contribution in [0.3, 0.4) is 0 Å². The standard InChI is InChI=1S/C18H13ClF8N4O2/c1-30-15(12(17(22,23)24)13(29-30)16(20,21)18(25,26)27)31(7-32)9-4-5-11(19)10(6-9)14(33)28-8-2-3-8/h4-8H,2-3H2,1H3,(H,28,33). The number of alkyl halides is 8. The second-order valence-corrected chi connectivity index (χ2v) is 7.54. The Morgan fingerprint density at radius 2 is 1.79 bits per heavy atom. The maximum absolute atomic E-state index is 13.9. The summed E-state index contributed by atoms with van der Waals surface area (Å²) < 4.78 is 107.